The van der Waals surface area contributed by atoms with E-state index in [1.165, 1.54) is 35.2 Å². The van der Waals surface area contributed by atoms with Crippen molar-refractivity contribution in [3.05, 3.63) is 112 Å². The monoisotopic (exact) mass is 588 g/mol. The summed E-state index contributed by atoms with van der Waals surface area (Å²) in [6.45, 7) is 24.3. The lowest BCUT2D eigenvalue weighted by Crippen LogP contribution is -2.46. The van der Waals surface area contributed by atoms with Crippen molar-refractivity contribution in [1.82, 2.24) is 9.80 Å². The lowest BCUT2D eigenvalue weighted by molar-refractivity contribution is 0.169. The van der Waals surface area contributed by atoms with E-state index in [0.717, 1.165) is 68.2 Å². The minimum absolute atomic E-state index is 0.282. The first-order chi connectivity index (χ1) is 20.0. The fourth-order valence-corrected chi connectivity index (χ4v) is 6.21. The average Bonchev–Trinajstić information content (AvgIpc) is 2.95. The summed E-state index contributed by atoms with van der Waals surface area (Å²) in [5, 5.41) is 0.797. The maximum atomic E-state index is 6.21. The van der Waals surface area contributed by atoms with E-state index in [0.29, 0.717) is 11.1 Å². The SMILES string of the molecule is C=CC/C(=C\C(=C/C)N1CCN(CC2=C(c3ccc(Cl)cc3)CC(C)(C)CC2)CC1)CC(=C/N)/C=C(\C(=C)N)C(C)C. The van der Waals surface area contributed by atoms with Crippen LogP contribution in [0.25, 0.3) is 5.57 Å². The molecule has 0 aromatic heterocycles. The van der Waals surface area contributed by atoms with Crippen molar-refractivity contribution < 1.29 is 0 Å². The Morgan fingerprint density at radius 1 is 1.10 bits per heavy atom. The Labute approximate surface area is 260 Å². The number of halogens is 1. The molecule has 0 bridgehead atoms. The van der Waals surface area contributed by atoms with Crippen molar-refractivity contribution in [1.29, 1.82) is 0 Å². The molecule has 0 spiro atoms. The van der Waals surface area contributed by atoms with E-state index >= 15 is 0 Å². The number of nitrogens with two attached hydrogens (primary N) is 2. The van der Waals surface area contributed by atoms with Crippen LogP contribution < -0.4 is 11.5 Å². The molecular formula is C37H53ClN4. The highest BCUT2D eigenvalue weighted by molar-refractivity contribution is 6.30. The highest BCUT2D eigenvalue weighted by atomic mass is 35.5. The summed E-state index contributed by atoms with van der Waals surface area (Å²) < 4.78 is 0. The van der Waals surface area contributed by atoms with Crippen molar-refractivity contribution in [2.45, 2.75) is 66.7 Å². The van der Waals surface area contributed by atoms with Gasteiger partial charge in [-0.2, -0.15) is 0 Å². The number of nitrogens with zero attached hydrogens (tertiary/aromatic N) is 2. The van der Waals surface area contributed by atoms with Gasteiger partial charge in [-0.15, -0.1) is 6.58 Å². The molecule has 228 valence electrons. The fraction of sp³-hybridized carbons (Fsp3) is 0.459. The summed E-state index contributed by atoms with van der Waals surface area (Å²) in [4.78, 5) is 5.15. The first-order valence-electron chi connectivity index (χ1n) is 15.4. The van der Waals surface area contributed by atoms with Gasteiger partial charge in [0.1, 0.15) is 0 Å². The molecule has 1 fully saturated rings. The number of hydrogen-bond donors (Lipinski definition) is 2. The predicted molar refractivity (Wildman–Crippen MR) is 184 cm³/mol. The molecule has 4 nitrogen and oxygen atoms in total. The van der Waals surface area contributed by atoms with Gasteiger partial charge in [0.05, 0.1) is 0 Å². The van der Waals surface area contributed by atoms with Gasteiger partial charge in [0, 0.05) is 49.1 Å². The zero-order chi connectivity index (χ0) is 30.9. The van der Waals surface area contributed by atoms with Crippen molar-refractivity contribution >= 4 is 17.2 Å². The number of allylic oxidation sites excluding steroid dienone is 8. The van der Waals surface area contributed by atoms with Crippen LogP contribution in [-0.4, -0.2) is 42.5 Å². The summed E-state index contributed by atoms with van der Waals surface area (Å²) in [6, 6.07) is 8.43. The quantitative estimate of drug-likeness (QED) is 0.189. The highest BCUT2D eigenvalue weighted by Gasteiger charge is 2.29. The zero-order valence-electron chi connectivity index (χ0n) is 26.7. The molecule has 1 aromatic rings. The molecular weight excluding hydrogens is 536 g/mol. The third-order valence-electron chi connectivity index (χ3n) is 8.56. The smallest absolute Gasteiger partial charge is 0.0406 e. The number of rotatable bonds is 12. The van der Waals surface area contributed by atoms with E-state index in [9.17, 15) is 0 Å². The molecule has 1 aliphatic heterocycles. The Bertz CT molecular complexity index is 1250. The average molecular weight is 589 g/mol. The van der Waals surface area contributed by atoms with E-state index in [2.05, 4.69) is 87.9 Å². The molecule has 0 unspecified atom stereocenters. The van der Waals surface area contributed by atoms with Gasteiger partial charge in [0.25, 0.3) is 0 Å². The molecule has 0 radical (unpaired) electrons. The van der Waals surface area contributed by atoms with Crippen molar-refractivity contribution in [3.8, 4) is 0 Å². The summed E-state index contributed by atoms with van der Waals surface area (Å²) >= 11 is 6.21. The van der Waals surface area contributed by atoms with Crippen molar-refractivity contribution in [2.24, 2.45) is 22.8 Å². The summed E-state index contributed by atoms with van der Waals surface area (Å²) in [6.07, 6.45) is 15.4. The van der Waals surface area contributed by atoms with Gasteiger partial charge in [-0.25, -0.2) is 0 Å². The maximum absolute atomic E-state index is 6.21. The number of piperazine rings is 1. The van der Waals surface area contributed by atoms with Gasteiger partial charge in [-0.05, 0) is 97.1 Å². The Morgan fingerprint density at radius 2 is 1.76 bits per heavy atom. The zero-order valence-corrected chi connectivity index (χ0v) is 27.4. The molecule has 0 amide bonds. The van der Waals surface area contributed by atoms with E-state index in [1.54, 1.807) is 11.8 Å². The van der Waals surface area contributed by atoms with Crippen LogP contribution in [0.1, 0.15) is 72.3 Å². The molecule has 0 saturated carbocycles. The van der Waals surface area contributed by atoms with Crippen LogP contribution in [0.4, 0.5) is 0 Å². The summed E-state index contributed by atoms with van der Waals surface area (Å²) in [5.41, 5.74) is 22.1. The van der Waals surface area contributed by atoms with Crippen LogP contribution in [0, 0.1) is 11.3 Å². The van der Waals surface area contributed by atoms with Crippen LogP contribution in [0.3, 0.4) is 0 Å². The van der Waals surface area contributed by atoms with Crippen molar-refractivity contribution in [3.63, 3.8) is 0 Å². The maximum Gasteiger partial charge on any atom is 0.0406 e. The van der Waals surface area contributed by atoms with E-state index in [4.69, 9.17) is 23.1 Å². The topological polar surface area (TPSA) is 58.5 Å². The Morgan fingerprint density at radius 3 is 2.31 bits per heavy atom. The number of hydrogen-bond acceptors (Lipinski definition) is 4. The molecule has 0 atom stereocenters. The lowest BCUT2D eigenvalue weighted by Gasteiger charge is -2.39. The minimum atomic E-state index is 0.282. The van der Waals surface area contributed by atoms with Gasteiger partial charge in [-0.3, -0.25) is 4.90 Å². The molecule has 2 aliphatic rings. The predicted octanol–water partition coefficient (Wildman–Crippen LogP) is 8.62. The Balaban J connectivity index is 1.72. The second kappa shape index (κ2) is 15.5. The largest absolute Gasteiger partial charge is 0.404 e. The normalized spacial score (nSPS) is 19.5. The first kappa shape index (κ1) is 33.6. The van der Waals surface area contributed by atoms with E-state index in [-0.39, 0.29) is 5.92 Å². The Hall–Kier alpha value is -2.95. The molecule has 42 heavy (non-hydrogen) atoms. The molecule has 1 saturated heterocycles. The van der Waals surface area contributed by atoms with Crippen LogP contribution in [0.2, 0.25) is 5.02 Å². The van der Waals surface area contributed by atoms with Gasteiger partial charge in [-0.1, -0.05) is 87.4 Å². The van der Waals surface area contributed by atoms with Gasteiger partial charge in [0.2, 0.25) is 0 Å². The lowest BCUT2D eigenvalue weighted by atomic mass is 9.72. The second-order valence-electron chi connectivity index (χ2n) is 12.9. The molecule has 1 heterocycles. The first-order valence-corrected chi connectivity index (χ1v) is 15.8. The molecule has 4 N–H and O–H groups in total. The van der Waals surface area contributed by atoms with Crippen LogP contribution in [-0.2, 0) is 0 Å². The van der Waals surface area contributed by atoms with Gasteiger partial charge in [0.15, 0.2) is 0 Å². The summed E-state index contributed by atoms with van der Waals surface area (Å²) in [7, 11) is 0. The van der Waals surface area contributed by atoms with Crippen LogP contribution in [0.15, 0.2) is 102 Å². The fourth-order valence-electron chi connectivity index (χ4n) is 6.08. The van der Waals surface area contributed by atoms with Crippen molar-refractivity contribution in [2.75, 3.05) is 32.7 Å². The second-order valence-corrected chi connectivity index (χ2v) is 13.3. The van der Waals surface area contributed by atoms with Crippen LogP contribution >= 0.6 is 11.6 Å². The molecule has 3 rings (SSSR count). The standard InChI is InChI=1S/C37H53ClN4/c1-8-10-29(21-30(25-39)23-35(27(3)4)28(5)40)22-34(9-2)42-19-17-41(18-20-42)26-32-15-16-37(6,7)24-36(32)31-11-13-33(38)14-12-31/h8-9,11-14,22-23,25,27H,1,5,10,15-21,24,26,39-40H2,2-4,6-7H3/b29-22+,30-25-,34-9+,35-23-. The summed E-state index contributed by atoms with van der Waals surface area (Å²) in [5.74, 6) is 0.282. The Kier molecular flexibility index (Phi) is 12.4. The minimum Gasteiger partial charge on any atom is -0.404 e. The van der Waals surface area contributed by atoms with Crippen LogP contribution in [0.5, 0.6) is 0 Å². The van der Waals surface area contributed by atoms with E-state index in [1.807, 2.05) is 18.2 Å². The van der Waals surface area contributed by atoms with E-state index < -0.39 is 0 Å². The molecule has 5 heteroatoms. The van der Waals surface area contributed by atoms with Gasteiger partial charge >= 0.3 is 0 Å². The third kappa shape index (κ3) is 9.54. The molecule has 1 aliphatic carbocycles. The number of benzene rings is 1. The van der Waals surface area contributed by atoms with Gasteiger partial charge < -0.3 is 16.4 Å². The third-order valence-corrected chi connectivity index (χ3v) is 8.82. The highest BCUT2D eigenvalue weighted by Crippen LogP contribution is 2.43. The molecule has 1 aromatic carbocycles.